The van der Waals surface area contributed by atoms with E-state index in [-0.39, 0.29) is 5.25 Å². The van der Waals surface area contributed by atoms with E-state index in [1.165, 1.54) is 0 Å². The van der Waals surface area contributed by atoms with Gasteiger partial charge in [-0.15, -0.1) is 0 Å². The van der Waals surface area contributed by atoms with Gasteiger partial charge in [0.1, 0.15) is 0 Å². The minimum Gasteiger partial charge on any atom is -0.385 e. The molecule has 0 aliphatic carbocycles. The third kappa shape index (κ3) is 3.41. The molecule has 1 aliphatic heterocycles. The smallest absolute Gasteiger partial charge is 0.218 e. The van der Waals surface area contributed by atoms with Gasteiger partial charge in [-0.1, -0.05) is 0 Å². The van der Waals surface area contributed by atoms with E-state index in [0.29, 0.717) is 26.2 Å². The fourth-order valence-corrected chi connectivity index (χ4v) is 3.19. The Kier molecular flexibility index (Phi) is 4.98. The quantitative estimate of drug-likeness (QED) is 0.678. The van der Waals surface area contributed by atoms with Crippen LogP contribution in [-0.2, 0) is 14.8 Å². The van der Waals surface area contributed by atoms with Crippen molar-refractivity contribution in [1.82, 2.24) is 9.62 Å². The van der Waals surface area contributed by atoms with Crippen LogP contribution in [0.15, 0.2) is 0 Å². The fourth-order valence-electron chi connectivity index (χ4n) is 1.62. The van der Waals surface area contributed by atoms with Crippen molar-refractivity contribution in [2.75, 3.05) is 39.9 Å². The molecule has 0 aromatic carbocycles. The van der Waals surface area contributed by atoms with Gasteiger partial charge in [0.25, 0.3) is 0 Å². The molecule has 1 N–H and O–H groups in total. The standard InChI is InChI=1S/C9H20N2O3S/c1-9-8-10-4-6-11(15(9,12)13)5-3-7-14-2/h9-10H,3-8H2,1-2H3. The number of hydrogen-bond acceptors (Lipinski definition) is 4. The predicted molar refractivity (Wildman–Crippen MR) is 59.3 cm³/mol. The zero-order chi connectivity index (χ0) is 11.3. The van der Waals surface area contributed by atoms with E-state index in [1.807, 2.05) is 0 Å². The zero-order valence-electron chi connectivity index (χ0n) is 9.40. The van der Waals surface area contributed by atoms with Crippen LogP contribution in [0.2, 0.25) is 0 Å². The molecule has 0 amide bonds. The third-order valence-electron chi connectivity index (χ3n) is 2.59. The maximum Gasteiger partial charge on any atom is 0.218 e. The van der Waals surface area contributed by atoms with Crippen molar-refractivity contribution in [2.24, 2.45) is 0 Å². The Morgan fingerprint density at radius 3 is 2.93 bits per heavy atom. The normalized spacial score (nSPS) is 27.5. The van der Waals surface area contributed by atoms with E-state index in [4.69, 9.17) is 4.74 Å². The van der Waals surface area contributed by atoms with Crippen molar-refractivity contribution in [2.45, 2.75) is 18.6 Å². The van der Waals surface area contributed by atoms with Crippen LogP contribution in [0.4, 0.5) is 0 Å². The molecule has 0 bridgehead atoms. The first-order valence-corrected chi connectivity index (χ1v) is 6.78. The summed E-state index contributed by atoms with van der Waals surface area (Å²) < 4.78 is 30.4. The molecule has 1 unspecified atom stereocenters. The number of hydrogen-bond donors (Lipinski definition) is 1. The van der Waals surface area contributed by atoms with E-state index < -0.39 is 10.0 Å². The highest BCUT2D eigenvalue weighted by molar-refractivity contribution is 7.89. The first-order valence-electron chi connectivity index (χ1n) is 5.27. The summed E-state index contributed by atoms with van der Waals surface area (Å²) in [6.07, 6.45) is 0.752. The van der Waals surface area contributed by atoms with Gasteiger partial charge in [-0.25, -0.2) is 12.7 Å². The van der Waals surface area contributed by atoms with Crippen molar-refractivity contribution >= 4 is 10.0 Å². The summed E-state index contributed by atoms with van der Waals surface area (Å²) in [4.78, 5) is 0. The number of sulfonamides is 1. The summed E-state index contributed by atoms with van der Waals surface area (Å²) in [6.45, 7) is 4.75. The molecule has 1 atom stereocenters. The molecule has 1 fully saturated rings. The predicted octanol–water partition coefficient (Wildman–Crippen LogP) is -0.354. The summed E-state index contributed by atoms with van der Waals surface area (Å²) >= 11 is 0. The maximum absolute atomic E-state index is 12.0. The average Bonchev–Trinajstić information content (AvgIpc) is 2.31. The molecule has 0 aromatic heterocycles. The Labute approximate surface area is 91.8 Å². The molecular weight excluding hydrogens is 216 g/mol. The number of rotatable bonds is 4. The topological polar surface area (TPSA) is 58.6 Å². The molecule has 5 nitrogen and oxygen atoms in total. The Hall–Kier alpha value is -0.170. The molecule has 1 heterocycles. The van der Waals surface area contributed by atoms with Gasteiger partial charge in [0.2, 0.25) is 10.0 Å². The highest BCUT2D eigenvalue weighted by atomic mass is 32.2. The van der Waals surface area contributed by atoms with Crippen LogP contribution < -0.4 is 5.32 Å². The Bertz CT molecular complexity index is 279. The lowest BCUT2D eigenvalue weighted by molar-refractivity contribution is 0.187. The molecular formula is C9H20N2O3S. The SMILES string of the molecule is COCCCN1CCNCC(C)S1(=O)=O. The van der Waals surface area contributed by atoms with Crippen molar-refractivity contribution in [3.05, 3.63) is 0 Å². The second-order valence-electron chi connectivity index (χ2n) is 3.81. The Balaban J connectivity index is 2.59. The molecule has 1 aliphatic rings. The Morgan fingerprint density at radius 1 is 1.53 bits per heavy atom. The van der Waals surface area contributed by atoms with Gasteiger partial charge in [-0.2, -0.15) is 0 Å². The number of methoxy groups -OCH3 is 1. The lowest BCUT2D eigenvalue weighted by atomic mass is 10.4. The maximum atomic E-state index is 12.0. The van der Waals surface area contributed by atoms with Crippen LogP contribution in [0.3, 0.4) is 0 Å². The lowest BCUT2D eigenvalue weighted by Gasteiger charge is -2.21. The zero-order valence-corrected chi connectivity index (χ0v) is 10.2. The van der Waals surface area contributed by atoms with Crippen molar-refractivity contribution < 1.29 is 13.2 Å². The van der Waals surface area contributed by atoms with Gasteiger partial charge in [0.05, 0.1) is 5.25 Å². The fraction of sp³-hybridized carbons (Fsp3) is 1.00. The first-order chi connectivity index (χ1) is 7.09. The molecule has 1 saturated heterocycles. The van der Waals surface area contributed by atoms with E-state index in [0.717, 1.165) is 13.0 Å². The molecule has 6 heteroatoms. The van der Waals surface area contributed by atoms with Gasteiger partial charge in [0.15, 0.2) is 0 Å². The molecule has 0 saturated carbocycles. The molecule has 1 rings (SSSR count). The van der Waals surface area contributed by atoms with Crippen LogP contribution >= 0.6 is 0 Å². The number of nitrogens with one attached hydrogen (secondary N) is 1. The first kappa shape index (κ1) is 12.9. The highest BCUT2D eigenvalue weighted by Crippen LogP contribution is 2.11. The lowest BCUT2D eigenvalue weighted by Crippen LogP contribution is -2.38. The number of nitrogens with zero attached hydrogens (tertiary/aromatic N) is 1. The van der Waals surface area contributed by atoms with Gasteiger partial charge in [0, 0.05) is 39.9 Å². The van der Waals surface area contributed by atoms with E-state index >= 15 is 0 Å². The minimum absolute atomic E-state index is 0.331. The van der Waals surface area contributed by atoms with Gasteiger partial charge in [-0.05, 0) is 13.3 Å². The van der Waals surface area contributed by atoms with Crippen molar-refractivity contribution in [1.29, 1.82) is 0 Å². The van der Waals surface area contributed by atoms with E-state index in [9.17, 15) is 8.42 Å². The van der Waals surface area contributed by atoms with E-state index in [1.54, 1.807) is 18.3 Å². The van der Waals surface area contributed by atoms with Gasteiger partial charge >= 0.3 is 0 Å². The summed E-state index contributed by atoms with van der Waals surface area (Å²) in [7, 11) is -1.48. The van der Waals surface area contributed by atoms with Crippen LogP contribution in [0.5, 0.6) is 0 Å². The van der Waals surface area contributed by atoms with Gasteiger partial charge < -0.3 is 10.1 Å². The average molecular weight is 236 g/mol. The Morgan fingerprint density at radius 2 is 2.27 bits per heavy atom. The largest absolute Gasteiger partial charge is 0.385 e. The summed E-state index contributed by atoms with van der Waals surface area (Å²) in [6, 6.07) is 0. The second-order valence-corrected chi connectivity index (χ2v) is 6.16. The summed E-state index contributed by atoms with van der Waals surface area (Å²) in [5.74, 6) is 0. The molecule has 0 aromatic rings. The van der Waals surface area contributed by atoms with Crippen LogP contribution in [0, 0.1) is 0 Å². The molecule has 15 heavy (non-hydrogen) atoms. The van der Waals surface area contributed by atoms with Crippen molar-refractivity contribution in [3.63, 3.8) is 0 Å². The monoisotopic (exact) mass is 236 g/mol. The summed E-state index contributed by atoms with van der Waals surface area (Å²) in [5.41, 5.74) is 0. The van der Waals surface area contributed by atoms with Crippen LogP contribution in [0.1, 0.15) is 13.3 Å². The minimum atomic E-state index is -3.10. The molecule has 0 radical (unpaired) electrons. The second kappa shape index (κ2) is 5.79. The molecule has 0 spiro atoms. The molecule has 90 valence electrons. The van der Waals surface area contributed by atoms with Crippen LogP contribution in [-0.4, -0.2) is 57.9 Å². The van der Waals surface area contributed by atoms with Crippen LogP contribution in [0.25, 0.3) is 0 Å². The van der Waals surface area contributed by atoms with E-state index in [2.05, 4.69) is 5.32 Å². The third-order valence-corrected chi connectivity index (χ3v) is 4.86. The summed E-state index contributed by atoms with van der Waals surface area (Å²) in [5, 5.41) is 2.79. The highest BCUT2D eigenvalue weighted by Gasteiger charge is 2.30. The number of ether oxygens (including phenoxy) is 1. The van der Waals surface area contributed by atoms with Crippen molar-refractivity contribution in [3.8, 4) is 0 Å². The van der Waals surface area contributed by atoms with Gasteiger partial charge in [-0.3, -0.25) is 0 Å².